The van der Waals surface area contributed by atoms with E-state index >= 15 is 0 Å². The quantitative estimate of drug-likeness (QED) is 0.677. The molecule has 0 spiro atoms. The second-order valence-electron chi connectivity index (χ2n) is 4.27. The summed E-state index contributed by atoms with van der Waals surface area (Å²) in [6.45, 7) is 0. The molecule has 2 aliphatic rings. The number of fused-ring (bicyclic) bond motifs is 3. The Morgan fingerprint density at radius 3 is 3.12 bits per heavy atom. The number of hydrogen-bond donors (Lipinski definition) is 0. The number of carbonyl (C=O) groups is 1. The van der Waals surface area contributed by atoms with Gasteiger partial charge in [-0.3, -0.25) is 0 Å². The van der Waals surface area contributed by atoms with E-state index in [-0.39, 0.29) is 18.0 Å². The van der Waals surface area contributed by atoms with Crippen LogP contribution in [0.15, 0.2) is 12.1 Å². The van der Waals surface area contributed by atoms with E-state index in [1.807, 2.05) is 0 Å². The fraction of sp³-hybridized carbons (Fsp3) is 0.500. The minimum Gasteiger partial charge on any atom is -0.481 e. The summed E-state index contributed by atoms with van der Waals surface area (Å²) in [6.07, 6.45) is 3.13. The molecule has 1 aromatic heterocycles. The largest absolute Gasteiger partial charge is 0.481 e. The second-order valence-corrected chi connectivity index (χ2v) is 4.27. The maximum Gasteiger partial charge on any atom is 0.340 e. The summed E-state index contributed by atoms with van der Waals surface area (Å²) in [5.74, 6) is 0.593. The van der Waals surface area contributed by atoms with Crippen LogP contribution in [0.2, 0.25) is 0 Å². The lowest BCUT2D eigenvalue weighted by Gasteiger charge is -2.26. The van der Waals surface area contributed by atoms with Crippen molar-refractivity contribution in [2.75, 3.05) is 7.11 Å². The number of pyridine rings is 1. The van der Waals surface area contributed by atoms with Gasteiger partial charge in [-0.25, -0.2) is 9.78 Å². The Morgan fingerprint density at radius 1 is 1.44 bits per heavy atom. The minimum atomic E-state index is -0.242. The molecule has 0 radical (unpaired) electrons. The van der Waals surface area contributed by atoms with Gasteiger partial charge in [0.05, 0.1) is 18.4 Å². The molecule has 2 unspecified atom stereocenters. The van der Waals surface area contributed by atoms with E-state index in [0.29, 0.717) is 11.4 Å². The molecule has 1 aromatic rings. The standard InChI is InChI=1S/C12H13NO3/c1-15-10-6-5-8-11(13-10)7-3-2-4-9(7)16-12(8)14/h5-7,9H,2-4H2,1H3. The van der Waals surface area contributed by atoms with Crippen LogP contribution in [-0.2, 0) is 4.74 Å². The Bertz CT molecular complexity index is 444. The second kappa shape index (κ2) is 3.47. The molecule has 1 aliphatic heterocycles. The first-order chi connectivity index (χ1) is 7.79. The van der Waals surface area contributed by atoms with Gasteiger partial charge in [-0.2, -0.15) is 0 Å². The van der Waals surface area contributed by atoms with Gasteiger partial charge in [0.25, 0.3) is 0 Å². The van der Waals surface area contributed by atoms with E-state index in [1.165, 1.54) is 0 Å². The topological polar surface area (TPSA) is 48.4 Å². The van der Waals surface area contributed by atoms with Crippen LogP contribution in [0.1, 0.15) is 41.2 Å². The Labute approximate surface area is 93.6 Å². The van der Waals surface area contributed by atoms with Crippen LogP contribution in [0.3, 0.4) is 0 Å². The Kier molecular flexibility index (Phi) is 2.09. The maximum absolute atomic E-state index is 11.7. The zero-order valence-electron chi connectivity index (χ0n) is 9.10. The van der Waals surface area contributed by atoms with Crippen molar-refractivity contribution >= 4 is 5.97 Å². The molecule has 3 rings (SSSR count). The summed E-state index contributed by atoms with van der Waals surface area (Å²) in [5, 5.41) is 0. The molecular weight excluding hydrogens is 206 g/mol. The summed E-state index contributed by atoms with van der Waals surface area (Å²) in [7, 11) is 1.59. The molecule has 0 N–H and O–H groups in total. The van der Waals surface area contributed by atoms with E-state index in [2.05, 4.69) is 4.98 Å². The predicted octanol–water partition coefficient (Wildman–Crippen LogP) is 1.90. The molecule has 0 amide bonds. The Balaban J connectivity index is 2.10. The van der Waals surface area contributed by atoms with Crippen LogP contribution in [0.25, 0.3) is 0 Å². The number of esters is 1. The van der Waals surface area contributed by atoms with E-state index in [1.54, 1.807) is 19.2 Å². The Hall–Kier alpha value is -1.58. The average molecular weight is 219 g/mol. The number of rotatable bonds is 1. The van der Waals surface area contributed by atoms with Crippen LogP contribution in [0.4, 0.5) is 0 Å². The highest BCUT2D eigenvalue weighted by molar-refractivity contribution is 5.92. The zero-order valence-corrected chi connectivity index (χ0v) is 9.10. The van der Waals surface area contributed by atoms with Crippen molar-refractivity contribution in [3.05, 3.63) is 23.4 Å². The third-order valence-electron chi connectivity index (χ3n) is 3.39. The van der Waals surface area contributed by atoms with Gasteiger partial charge in [0.2, 0.25) is 5.88 Å². The molecule has 84 valence electrons. The first kappa shape index (κ1) is 9.63. The molecule has 4 heteroatoms. The SMILES string of the molecule is COc1ccc2c(n1)C1CCCC1OC2=O. The summed E-state index contributed by atoms with van der Waals surface area (Å²) in [6, 6.07) is 3.45. The van der Waals surface area contributed by atoms with Crippen molar-refractivity contribution in [1.82, 2.24) is 4.98 Å². The van der Waals surface area contributed by atoms with E-state index in [4.69, 9.17) is 9.47 Å². The number of carbonyl (C=O) groups excluding carboxylic acids is 1. The molecule has 0 bridgehead atoms. The fourth-order valence-corrected chi connectivity index (χ4v) is 2.61. The predicted molar refractivity (Wildman–Crippen MR) is 56.6 cm³/mol. The zero-order chi connectivity index (χ0) is 11.1. The molecule has 4 nitrogen and oxygen atoms in total. The molecule has 1 fully saturated rings. The first-order valence-electron chi connectivity index (χ1n) is 5.55. The lowest BCUT2D eigenvalue weighted by atomic mass is 9.94. The summed E-state index contributed by atoms with van der Waals surface area (Å²) in [5.41, 5.74) is 1.46. The van der Waals surface area contributed by atoms with Crippen molar-refractivity contribution in [2.45, 2.75) is 31.3 Å². The van der Waals surface area contributed by atoms with Gasteiger partial charge in [-0.05, 0) is 25.3 Å². The molecule has 2 atom stereocenters. The van der Waals surface area contributed by atoms with Gasteiger partial charge in [-0.1, -0.05) is 0 Å². The van der Waals surface area contributed by atoms with Gasteiger partial charge in [0.15, 0.2) is 0 Å². The van der Waals surface area contributed by atoms with E-state index in [0.717, 1.165) is 25.0 Å². The number of ether oxygens (including phenoxy) is 2. The highest BCUT2D eigenvalue weighted by Crippen LogP contribution is 2.41. The van der Waals surface area contributed by atoms with Crippen molar-refractivity contribution in [2.24, 2.45) is 0 Å². The number of nitrogens with zero attached hydrogens (tertiary/aromatic N) is 1. The van der Waals surface area contributed by atoms with Crippen LogP contribution in [0.5, 0.6) is 5.88 Å². The van der Waals surface area contributed by atoms with Crippen LogP contribution < -0.4 is 4.74 Å². The van der Waals surface area contributed by atoms with Gasteiger partial charge in [0, 0.05) is 12.0 Å². The summed E-state index contributed by atoms with van der Waals surface area (Å²) >= 11 is 0. The number of methoxy groups -OCH3 is 1. The first-order valence-corrected chi connectivity index (χ1v) is 5.55. The van der Waals surface area contributed by atoms with Crippen LogP contribution in [-0.4, -0.2) is 24.2 Å². The average Bonchev–Trinajstić information content (AvgIpc) is 2.76. The normalized spacial score (nSPS) is 26.9. The van der Waals surface area contributed by atoms with Crippen LogP contribution in [0, 0.1) is 0 Å². The lowest BCUT2D eigenvalue weighted by Crippen LogP contribution is -2.29. The minimum absolute atomic E-state index is 0.0274. The van der Waals surface area contributed by atoms with Gasteiger partial charge < -0.3 is 9.47 Å². The van der Waals surface area contributed by atoms with Gasteiger partial charge >= 0.3 is 5.97 Å². The van der Waals surface area contributed by atoms with Gasteiger partial charge in [-0.15, -0.1) is 0 Å². The molecule has 0 aromatic carbocycles. The van der Waals surface area contributed by atoms with Crippen LogP contribution >= 0.6 is 0 Å². The molecule has 2 heterocycles. The molecule has 0 saturated heterocycles. The van der Waals surface area contributed by atoms with Crippen molar-refractivity contribution < 1.29 is 14.3 Å². The monoisotopic (exact) mass is 219 g/mol. The maximum atomic E-state index is 11.7. The smallest absolute Gasteiger partial charge is 0.340 e. The molecule has 16 heavy (non-hydrogen) atoms. The summed E-state index contributed by atoms with van der Waals surface area (Å²) < 4.78 is 10.5. The third kappa shape index (κ3) is 1.29. The fourth-order valence-electron chi connectivity index (χ4n) is 2.61. The number of hydrogen-bond acceptors (Lipinski definition) is 4. The molecule has 1 aliphatic carbocycles. The lowest BCUT2D eigenvalue weighted by molar-refractivity contribution is 0.0221. The highest BCUT2D eigenvalue weighted by Gasteiger charge is 2.40. The van der Waals surface area contributed by atoms with Crippen molar-refractivity contribution in [3.8, 4) is 5.88 Å². The number of aromatic nitrogens is 1. The van der Waals surface area contributed by atoms with Crippen molar-refractivity contribution in [1.29, 1.82) is 0 Å². The Morgan fingerprint density at radius 2 is 2.31 bits per heavy atom. The van der Waals surface area contributed by atoms with E-state index in [9.17, 15) is 4.79 Å². The molecule has 1 saturated carbocycles. The molecular formula is C12H13NO3. The van der Waals surface area contributed by atoms with E-state index < -0.39 is 0 Å². The van der Waals surface area contributed by atoms with Crippen molar-refractivity contribution in [3.63, 3.8) is 0 Å². The highest BCUT2D eigenvalue weighted by atomic mass is 16.5. The summed E-state index contributed by atoms with van der Waals surface area (Å²) in [4.78, 5) is 16.1. The van der Waals surface area contributed by atoms with Gasteiger partial charge in [0.1, 0.15) is 6.10 Å². The third-order valence-corrected chi connectivity index (χ3v) is 3.39.